The topological polar surface area (TPSA) is 26.6 Å². The smallest absolute Gasteiger partial charge is 0.256 e. The summed E-state index contributed by atoms with van der Waals surface area (Å²) in [5.41, 5.74) is 25.6. The van der Waals surface area contributed by atoms with E-state index in [0.29, 0.717) is 23.7 Å². The van der Waals surface area contributed by atoms with E-state index in [2.05, 4.69) is 179 Å². The normalized spacial score (nSPS) is 18.1. The molecule has 4 saturated carbocycles. The second-order valence-corrected chi connectivity index (χ2v) is 25.3. The summed E-state index contributed by atoms with van der Waals surface area (Å²) in [6.07, 6.45) is 20.5. The maximum atomic E-state index is 7.95. The van der Waals surface area contributed by atoms with Crippen molar-refractivity contribution in [2.24, 2.45) is 0 Å². The van der Waals surface area contributed by atoms with Crippen molar-refractivity contribution >= 4 is 85.1 Å². The van der Waals surface area contributed by atoms with Crippen molar-refractivity contribution in [2.75, 3.05) is 4.90 Å². The van der Waals surface area contributed by atoms with Gasteiger partial charge in [0.25, 0.3) is 13.4 Å². The highest BCUT2D eigenvalue weighted by molar-refractivity contribution is 7.02. The van der Waals surface area contributed by atoms with Gasteiger partial charge in [-0.3, -0.25) is 0 Å². The molecular weight excluding hydrogens is 970 g/mol. The molecule has 10 aromatic rings. The second kappa shape index (κ2) is 17.9. The van der Waals surface area contributed by atoms with Crippen LogP contribution in [0.15, 0.2) is 170 Å². The van der Waals surface area contributed by atoms with Gasteiger partial charge >= 0.3 is 0 Å². The van der Waals surface area contributed by atoms with Crippen molar-refractivity contribution < 1.29 is 9.47 Å². The minimum Gasteiger partial charge on any atom is -0.456 e. The summed E-state index contributed by atoms with van der Waals surface area (Å²) >= 11 is 0. The van der Waals surface area contributed by atoms with Crippen molar-refractivity contribution in [2.45, 2.75) is 126 Å². The standard InChI is InChI=1S/C74H64B2N2O2/c1-3-15-47(16-4-1)54-31-37-66-61(42-54)75-60-41-53(49-23-11-12-24-49)30-36-65(60)77(57-33-27-51(28-34-57)45-19-7-8-20-45)71-68(75)74(80-66)72-69-73(71)79-67-38-32-55(48-17-5-2-6-18-48)43-62(67)76(69)63-44-56(50-25-13-14-26-50)40-59-58-39-52(46-21-9-10-22-46)29-35-64(58)78(72)70(59)63/h1-6,15-18,27-46,49-50H,7-14,19-26H2. The first-order chi connectivity index (χ1) is 39.7. The Kier molecular flexibility index (Phi) is 10.3. The molecule has 8 aliphatic rings. The van der Waals surface area contributed by atoms with Crippen LogP contribution in [0.3, 0.4) is 0 Å². The first-order valence-corrected chi connectivity index (χ1v) is 30.8. The average Bonchev–Trinajstić information content (AvgIpc) is 4.39. The minimum absolute atomic E-state index is 0.120. The monoisotopic (exact) mass is 1030 g/mol. The fourth-order valence-electron chi connectivity index (χ4n) is 17.2. The van der Waals surface area contributed by atoms with Crippen LogP contribution in [0, 0.1) is 0 Å². The van der Waals surface area contributed by atoms with Gasteiger partial charge in [-0.1, -0.05) is 173 Å². The van der Waals surface area contributed by atoms with Gasteiger partial charge in [0.1, 0.15) is 23.0 Å². The van der Waals surface area contributed by atoms with Crippen LogP contribution in [0.4, 0.5) is 17.1 Å². The molecule has 0 bridgehead atoms. The zero-order valence-electron chi connectivity index (χ0n) is 45.7. The Morgan fingerprint density at radius 2 is 0.838 bits per heavy atom. The molecule has 388 valence electrons. The van der Waals surface area contributed by atoms with Crippen LogP contribution in [0.25, 0.3) is 49.7 Å². The number of nitrogens with zero attached hydrogens (tertiary/aromatic N) is 2. The van der Waals surface area contributed by atoms with Crippen molar-refractivity contribution in [3.63, 3.8) is 0 Å². The number of fused-ring (bicyclic) bond motifs is 13. The highest BCUT2D eigenvalue weighted by atomic mass is 16.5. The third-order valence-corrected chi connectivity index (χ3v) is 21.0. The first-order valence-electron chi connectivity index (χ1n) is 30.8. The maximum Gasteiger partial charge on any atom is 0.256 e. The van der Waals surface area contributed by atoms with Gasteiger partial charge in [0.2, 0.25) is 0 Å². The van der Waals surface area contributed by atoms with Crippen LogP contribution in [-0.4, -0.2) is 18.0 Å². The fraction of sp³-hybridized carbons (Fsp3) is 0.270. The Balaban J connectivity index is 0.983. The Hall–Kier alpha value is -7.69. The minimum atomic E-state index is -0.124. The van der Waals surface area contributed by atoms with Gasteiger partial charge in [-0.15, -0.1) is 0 Å². The quantitative estimate of drug-likeness (QED) is 0.149. The Bertz CT molecular complexity index is 4180. The van der Waals surface area contributed by atoms with Crippen LogP contribution in [-0.2, 0) is 0 Å². The number of ether oxygens (including phenoxy) is 2. The molecule has 0 saturated heterocycles. The lowest BCUT2D eigenvalue weighted by molar-refractivity contribution is 0.475. The largest absolute Gasteiger partial charge is 0.456 e. The summed E-state index contributed by atoms with van der Waals surface area (Å²) in [4.78, 5) is 2.62. The zero-order chi connectivity index (χ0) is 52.2. The molecule has 4 aliphatic heterocycles. The molecule has 80 heavy (non-hydrogen) atoms. The molecule has 0 amide bonds. The summed E-state index contributed by atoms with van der Waals surface area (Å²) < 4.78 is 18.6. The lowest BCUT2D eigenvalue weighted by Crippen LogP contribution is -2.63. The molecule has 4 nitrogen and oxygen atoms in total. The predicted molar refractivity (Wildman–Crippen MR) is 334 cm³/mol. The van der Waals surface area contributed by atoms with Gasteiger partial charge < -0.3 is 18.9 Å². The molecule has 1 aromatic heterocycles. The van der Waals surface area contributed by atoms with E-state index in [9.17, 15) is 0 Å². The molecule has 18 rings (SSSR count). The van der Waals surface area contributed by atoms with Crippen LogP contribution in [0.1, 0.15) is 149 Å². The molecule has 0 spiro atoms. The molecule has 6 heteroatoms. The number of hydrogen-bond acceptors (Lipinski definition) is 3. The maximum absolute atomic E-state index is 7.95. The predicted octanol–water partition coefficient (Wildman–Crippen LogP) is 16.1. The summed E-state index contributed by atoms with van der Waals surface area (Å²) in [6.45, 7) is -0.244. The number of rotatable bonds is 7. The van der Waals surface area contributed by atoms with Crippen molar-refractivity contribution in [1.29, 1.82) is 0 Å². The van der Waals surface area contributed by atoms with Gasteiger partial charge in [0, 0.05) is 38.6 Å². The Morgan fingerprint density at radius 1 is 0.362 bits per heavy atom. The number of aromatic nitrogens is 1. The zero-order valence-corrected chi connectivity index (χ0v) is 45.7. The Labute approximate surface area is 470 Å². The molecule has 5 heterocycles. The van der Waals surface area contributed by atoms with Gasteiger partial charge in [-0.25, -0.2) is 0 Å². The van der Waals surface area contributed by atoms with Crippen molar-refractivity contribution in [3.05, 3.63) is 192 Å². The molecule has 4 fully saturated rings. The van der Waals surface area contributed by atoms with Crippen LogP contribution >= 0.6 is 0 Å². The van der Waals surface area contributed by atoms with E-state index in [1.54, 1.807) is 0 Å². The number of anilines is 3. The Morgan fingerprint density at radius 3 is 1.44 bits per heavy atom. The summed E-state index contributed by atoms with van der Waals surface area (Å²) in [6, 6.07) is 66.3. The van der Waals surface area contributed by atoms with Gasteiger partial charge in [-0.2, -0.15) is 0 Å². The molecular formula is C74H64B2N2O2. The first kappa shape index (κ1) is 46.1. The molecule has 0 radical (unpaired) electrons. The highest BCUT2D eigenvalue weighted by Crippen LogP contribution is 2.53. The molecule has 0 unspecified atom stereocenters. The number of hydrogen-bond donors (Lipinski definition) is 0. The van der Waals surface area contributed by atoms with Gasteiger partial charge in [0.05, 0.1) is 16.9 Å². The summed E-state index contributed by atoms with van der Waals surface area (Å²) in [5.74, 6) is 6.13. The third kappa shape index (κ3) is 6.83. The fourth-order valence-corrected chi connectivity index (χ4v) is 17.2. The lowest BCUT2D eigenvalue weighted by Gasteiger charge is -2.45. The van der Waals surface area contributed by atoms with E-state index in [4.69, 9.17) is 9.47 Å². The highest BCUT2D eigenvalue weighted by Gasteiger charge is 2.52. The molecule has 4 aliphatic carbocycles. The van der Waals surface area contributed by atoms with Crippen LogP contribution < -0.4 is 47.2 Å². The third-order valence-electron chi connectivity index (χ3n) is 21.0. The van der Waals surface area contributed by atoms with E-state index in [1.165, 1.54) is 213 Å². The SMILES string of the molecule is c1ccc(-c2ccc3c(c2)B2c4cc(C5CCCC5)ccc4N(c4ccc(C5CCCC5)cc4)c4c5c6c(c(c42)O3)-n2c3ccc(C4CCCC4)cc3c3cc(C4CCCC4)cc(c32)B6c2cc(-c3ccccc3)ccc2O5)cc1. The average molecular weight is 1030 g/mol. The van der Waals surface area contributed by atoms with Crippen LogP contribution in [0.5, 0.6) is 23.0 Å². The van der Waals surface area contributed by atoms with E-state index in [1.807, 2.05) is 0 Å². The van der Waals surface area contributed by atoms with Crippen LogP contribution in [0.2, 0.25) is 0 Å². The van der Waals surface area contributed by atoms with Gasteiger partial charge in [-0.05, 0) is 190 Å². The summed E-state index contributed by atoms with van der Waals surface area (Å²) in [7, 11) is 0. The molecule has 0 atom stereocenters. The van der Waals surface area contributed by atoms with E-state index < -0.39 is 0 Å². The molecule has 0 N–H and O–H groups in total. The van der Waals surface area contributed by atoms with Crippen molar-refractivity contribution in [3.8, 4) is 50.9 Å². The van der Waals surface area contributed by atoms with E-state index in [0.717, 1.165) is 34.4 Å². The second-order valence-electron chi connectivity index (χ2n) is 25.3. The van der Waals surface area contributed by atoms with Gasteiger partial charge in [0.15, 0.2) is 0 Å². The van der Waals surface area contributed by atoms with Crippen molar-refractivity contribution in [1.82, 2.24) is 4.57 Å². The van der Waals surface area contributed by atoms with E-state index >= 15 is 0 Å². The molecule has 9 aromatic carbocycles. The number of benzene rings is 9. The summed E-state index contributed by atoms with van der Waals surface area (Å²) in [5, 5.41) is 2.76. The lowest BCUT2D eigenvalue weighted by atomic mass is 9.31. The van der Waals surface area contributed by atoms with E-state index in [-0.39, 0.29) is 13.4 Å².